The quantitative estimate of drug-likeness (QED) is 0.666. The number of aryl methyl sites for hydroxylation is 2. The van der Waals surface area contributed by atoms with Crippen molar-refractivity contribution in [2.75, 3.05) is 6.54 Å². The molecule has 1 unspecified atom stereocenters. The van der Waals surface area contributed by atoms with Crippen molar-refractivity contribution in [3.8, 4) is 11.3 Å². The first-order valence-electron chi connectivity index (χ1n) is 8.05. The number of hydrogen-bond acceptors (Lipinski definition) is 4. The van der Waals surface area contributed by atoms with E-state index in [4.69, 9.17) is 4.42 Å². The van der Waals surface area contributed by atoms with Crippen molar-refractivity contribution in [3.63, 3.8) is 0 Å². The van der Waals surface area contributed by atoms with Crippen molar-refractivity contribution >= 4 is 5.91 Å². The van der Waals surface area contributed by atoms with Crippen LogP contribution < -0.4 is 5.32 Å². The molecule has 0 saturated heterocycles. The van der Waals surface area contributed by atoms with Gasteiger partial charge in [0.25, 0.3) is 5.91 Å². The van der Waals surface area contributed by atoms with Crippen LogP contribution >= 0.6 is 0 Å². The summed E-state index contributed by atoms with van der Waals surface area (Å²) in [5.41, 5.74) is 1.39. The molecule has 2 aromatic heterocycles. The molecular weight excluding hydrogens is 318 g/mol. The Hall–Kier alpha value is -2.86. The van der Waals surface area contributed by atoms with Crippen molar-refractivity contribution < 1.29 is 14.3 Å². The molecule has 3 aromatic rings. The molecule has 6 nitrogen and oxygen atoms in total. The monoisotopic (exact) mass is 339 g/mol. The minimum absolute atomic E-state index is 0.0606. The molecule has 130 valence electrons. The molecule has 1 amide bonds. The molecule has 0 aliphatic rings. The zero-order valence-electron chi connectivity index (χ0n) is 14.5. The first-order chi connectivity index (χ1) is 11.9. The van der Waals surface area contributed by atoms with E-state index >= 15 is 0 Å². The van der Waals surface area contributed by atoms with E-state index in [0.717, 1.165) is 11.3 Å². The Balaban J connectivity index is 1.76. The van der Waals surface area contributed by atoms with Crippen molar-refractivity contribution in [2.45, 2.75) is 26.4 Å². The third kappa shape index (κ3) is 3.49. The molecule has 3 N–H and O–H groups in total. The standard InChI is InChI=1S/C19H21N3O3/c1-12-9-16(13(2)25-12)19(3,24)11-20-18(23)15-10-21-22-17(15)14-7-5-4-6-8-14/h4-10,24H,11H2,1-3H3,(H,20,23)(H,21,22). The summed E-state index contributed by atoms with van der Waals surface area (Å²) in [6.45, 7) is 5.33. The zero-order chi connectivity index (χ0) is 18.0. The van der Waals surface area contributed by atoms with E-state index in [0.29, 0.717) is 22.6 Å². The molecule has 3 rings (SSSR count). The summed E-state index contributed by atoms with van der Waals surface area (Å²) < 4.78 is 5.47. The van der Waals surface area contributed by atoms with Gasteiger partial charge in [-0.05, 0) is 26.8 Å². The number of amides is 1. The van der Waals surface area contributed by atoms with Crippen LogP contribution in [-0.4, -0.2) is 27.8 Å². The Morgan fingerprint density at radius 1 is 1.32 bits per heavy atom. The molecular formula is C19H21N3O3. The zero-order valence-corrected chi connectivity index (χ0v) is 14.5. The largest absolute Gasteiger partial charge is 0.466 e. The molecule has 2 heterocycles. The number of aromatic amines is 1. The van der Waals surface area contributed by atoms with E-state index in [2.05, 4.69) is 15.5 Å². The normalized spacial score (nSPS) is 13.4. The smallest absolute Gasteiger partial charge is 0.255 e. The average molecular weight is 339 g/mol. The van der Waals surface area contributed by atoms with E-state index in [9.17, 15) is 9.90 Å². The third-order valence-electron chi connectivity index (χ3n) is 4.16. The summed E-state index contributed by atoms with van der Waals surface area (Å²) >= 11 is 0. The summed E-state index contributed by atoms with van der Waals surface area (Å²) in [7, 11) is 0. The molecule has 0 fully saturated rings. The highest BCUT2D eigenvalue weighted by molar-refractivity contribution is 5.99. The van der Waals surface area contributed by atoms with Crippen molar-refractivity contribution in [1.29, 1.82) is 0 Å². The Bertz CT molecular complexity index is 878. The van der Waals surface area contributed by atoms with E-state index in [-0.39, 0.29) is 12.5 Å². The minimum Gasteiger partial charge on any atom is -0.466 e. The van der Waals surface area contributed by atoms with Crippen LogP contribution in [-0.2, 0) is 5.60 Å². The molecule has 1 aromatic carbocycles. The molecule has 6 heteroatoms. The van der Waals surface area contributed by atoms with Crippen LogP contribution in [0.2, 0.25) is 0 Å². The summed E-state index contributed by atoms with van der Waals surface area (Å²) in [6, 6.07) is 11.3. The van der Waals surface area contributed by atoms with Crippen LogP contribution in [0.3, 0.4) is 0 Å². The van der Waals surface area contributed by atoms with Crippen LogP contribution in [0.25, 0.3) is 11.3 Å². The number of nitrogens with one attached hydrogen (secondary N) is 2. The number of carbonyl (C=O) groups is 1. The van der Waals surface area contributed by atoms with Gasteiger partial charge in [-0.1, -0.05) is 30.3 Å². The van der Waals surface area contributed by atoms with E-state index in [1.165, 1.54) is 6.20 Å². The maximum Gasteiger partial charge on any atom is 0.255 e. The van der Waals surface area contributed by atoms with Gasteiger partial charge in [0.1, 0.15) is 17.1 Å². The SMILES string of the molecule is Cc1cc(C(C)(O)CNC(=O)c2cn[nH]c2-c2ccccc2)c(C)o1. The number of furan rings is 1. The lowest BCUT2D eigenvalue weighted by Gasteiger charge is -2.23. The van der Waals surface area contributed by atoms with Crippen molar-refractivity contribution in [1.82, 2.24) is 15.5 Å². The summed E-state index contributed by atoms with van der Waals surface area (Å²) in [6.07, 6.45) is 1.49. The highest BCUT2D eigenvalue weighted by Gasteiger charge is 2.29. The molecule has 1 atom stereocenters. The molecule has 25 heavy (non-hydrogen) atoms. The average Bonchev–Trinajstić information content (AvgIpc) is 3.20. The Kier molecular flexibility index (Phi) is 4.46. The fourth-order valence-corrected chi connectivity index (χ4v) is 2.89. The number of benzene rings is 1. The lowest BCUT2D eigenvalue weighted by Crippen LogP contribution is -2.38. The van der Waals surface area contributed by atoms with Crippen LogP contribution in [0.5, 0.6) is 0 Å². The van der Waals surface area contributed by atoms with Gasteiger partial charge in [-0.15, -0.1) is 0 Å². The van der Waals surface area contributed by atoms with Gasteiger partial charge in [0.2, 0.25) is 0 Å². The predicted octanol–water partition coefficient (Wildman–Crippen LogP) is 2.92. The molecule has 0 aliphatic heterocycles. The van der Waals surface area contributed by atoms with Gasteiger partial charge in [-0.3, -0.25) is 9.89 Å². The first-order valence-corrected chi connectivity index (χ1v) is 8.05. The first kappa shape index (κ1) is 17.0. The number of aromatic nitrogens is 2. The molecule has 0 bridgehead atoms. The van der Waals surface area contributed by atoms with Gasteiger partial charge in [-0.2, -0.15) is 5.10 Å². The molecule has 0 saturated carbocycles. The topological polar surface area (TPSA) is 91.1 Å². The number of nitrogens with zero attached hydrogens (tertiary/aromatic N) is 1. The number of H-pyrrole nitrogens is 1. The van der Waals surface area contributed by atoms with Gasteiger partial charge in [-0.25, -0.2) is 0 Å². The lowest BCUT2D eigenvalue weighted by atomic mass is 9.96. The second kappa shape index (κ2) is 6.57. The van der Waals surface area contributed by atoms with E-state index in [1.807, 2.05) is 37.3 Å². The predicted molar refractivity (Wildman–Crippen MR) is 94.1 cm³/mol. The summed E-state index contributed by atoms with van der Waals surface area (Å²) in [5.74, 6) is 1.07. The Labute approximate surface area is 145 Å². The van der Waals surface area contributed by atoms with E-state index in [1.54, 1.807) is 19.9 Å². The van der Waals surface area contributed by atoms with Crippen LogP contribution in [0.1, 0.15) is 34.4 Å². The second-order valence-corrected chi connectivity index (χ2v) is 6.31. The number of rotatable bonds is 5. The van der Waals surface area contributed by atoms with Crippen LogP contribution in [0, 0.1) is 13.8 Å². The molecule has 0 spiro atoms. The number of carbonyl (C=O) groups excluding carboxylic acids is 1. The summed E-state index contributed by atoms with van der Waals surface area (Å²) in [4.78, 5) is 12.6. The van der Waals surface area contributed by atoms with Gasteiger partial charge in [0, 0.05) is 11.1 Å². The highest BCUT2D eigenvalue weighted by Crippen LogP contribution is 2.27. The number of aliphatic hydroxyl groups is 1. The number of hydrogen-bond donors (Lipinski definition) is 3. The minimum atomic E-state index is -1.23. The second-order valence-electron chi connectivity index (χ2n) is 6.31. The maximum absolute atomic E-state index is 12.6. The highest BCUT2D eigenvalue weighted by atomic mass is 16.3. The molecule has 0 aliphatic carbocycles. The molecule has 0 radical (unpaired) electrons. The maximum atomic E-state index is 12.6. The Morgan fingerprint density at radius 2 is 2.04 bits per heavy atom. The van der Waals surface area contributed by atoms with Crippen molar-refractivity contribution in [2.24, 2.45) is 0 Å². The van der Waals surface area contributed by atoms with Crippen molar-refractivity contribution in [3.05, 3.63) is 65.2 Å². The lowest BCUT2D eigenvalue weighted by molar-refractivity contribution is 0.0514. The van der Waals surface area contributed by atoms with Gasteiger partial charge < -0.3 is 14.8 Å². The fraction of sp³-hybridized carbons (Fsp3) is 0.263. The van der Waals surface area contributed by atoms with Gasteiger partial charge >= 0.3 is 0 Å². The van der Waals surface area contributed by atoms with Crippen LogP contribution in [0.15, 0.2) is 47.0 Å². The summed E-state index contributed by atoms with van der Waals surface area (Å²) in [5, 5.41) is 20.3. The van der Waals surface area contributed by atoms with Gasteiger partial charge in [0.05, 0.1) is 24.0 Å². The Morgan fingerprint density at radius 3 is 2.68 bits per heavy atom. The van der Waals surface area contributed by atoms with E-state index < -0.39 is 5.60 Å². The third-order valence-corrected chi connectivity index (χ3v) is 4.16. The van der Waals surface area contributed by atoms with Crippen LogP contribution in [0.4, 0.5) is 0 Å². The van der Waals surface area contributed by atoms with Gasteiger partial charge in [0.15, 0.2) is 0 Å². The fourth-order valence-electron chi connectivity index (χ4n) is 2.89.